The summed E-state index contributed by atoms with van der Waals surface area (Å²) in [6.07, 6.45) is 2.90. The summed E-state index contributed by atoms with van der Waals surface area (Å²) >= 11 is 0. The van der Waals surface area contributed by atoms with Gasteiger partial charge in [-0.15, -0.1) is 0 Å². The number of hydrogen-bond acceptors (Lipinski definition) is 3. The van der Waals surface area contributed by atoms with Crippen molar-refractivity contribution in [3.63, 3.8) is 0 Å². The van der Waals surface area contributed by atoms with Gasteiger partial charge in [-0.3, -0.25) is 4.79 Å². The van der Waals surface area contributed by atoms with Gasteiger partial charge < -0.3 is 5.32 Å². The third-order valence-electron chi connectivity index (χ3n) is 1.75. The molecule has 4 nitrogen and oxygen atoms in total. The van der Waals surface area contributed by atoms with E-state index in [0.29, 0.717) is 5.56 Å². The van der Waals surface area contributed by atoms with Crippen LogP contribution in [0.2, 0.25) is 0 Å². The highest BCUT2D eigenvalue weighted by Gasteiger charge is 1.95. The van der Waals surface area contributed by atoms with Crippen LogP contribution in [0.1, 0.15) is 5.56 Å². The van der Waals surface area contributed by atoms with E-state index >= 15 is 0 Å². The van der Waals surface area contributed by atoms with E-state index in [0.717, 1.165) is 0 Å². The Labute approximate surface area is 89.6 Å². The second-order valence-electron chi connectivity index (χ2n) is 2.80. The molecule has 0 saturated heterocycles. The van der Waals surface area contributed by atoms with E-state index in [4.69, 9.17) is 0 Å². The fourth-order valence-corrected chi connectivity index (χ4v) is 1.46. The van der Waals surface area contributed by atoms with E-state index in [1.165, 1.54) is 25.3 Å². The van der Waals surface area contributed by atoms with Crippen molar-refractivity contribution in [3.05, 3.63) is 35.9 Å². The van der Waals surface area contributed by atoms with Crippen molar-refractivity contribution >= 4 is 22.7 Å². The molecule has 80 valence electrons. The molecule has 0 spiro atoms. The molecule has 0 unspecified atom stereocenters. The monoisotopic (exact) mass is 225 g/mol. The molecule has 1 N–H and O–H groups in total. The molecule has 0 aliphatic carbocycles. The van der Waals surface area contributed by atoms with Crippen LogP contribution in [0.3, 0.4) is 0 Å². The highest BCUT2D eigenvalue weighted by atomic mass is 32.2. The maximum atomic E-state index is 10.9. The van der Waals surface area contributed by atoms with Gasteiger partial charge >= 0.3 is 0 Å². The third kappa shape index (κ3) is 3.55. The Balaban J connectivity index is 2.92. The Morgan fingerprint density at radius 1 is 1.40 bits per heavy atom. The first-order valence-electron chi connectivity index (χ1n) is 4.27. The average Bonchev–Trinajstić information content (AvgIpc) is 2.26. The summed E-state index contributed by atoms with van der Waals surface area (Å²) in [6, 6.07) is 6.36. The Kier molecular flexibility index (Phi) is 4.05. The van der Waals surface area contributed by atoms with Gasteiger partial charge in [0, 0.05) is 13.1 Å². The van der Waals surface area contributed by atoms with Crippen molar-refractivity contribution in [1.82, 2.24) is 5.32 Å². The van der Waals surface area contributed by atoms with Gasteiger partial charge in [0.1, 0.15) is 0 Å². The molecule has 0 aliphatic heterocycles. The van der Waals surface area contributed by atoms with E-state index in [1.54, 1.807) is 18.2 Å². The summed E-state index contributed by atoms with van der Waals surface area (Å²) < 4.78 is 21.4. The number of carbonyl (C=O) groups is 1. The van der Waals surface area contributed by atoms with Gasteiger partial charge in [-0.25, -0.2) is 8.42 Å². The standard InChI is InChI=1S/C10H11NO3S/c1-11-10(12)6-5-8-3-2-4-9(7-8)15(13)14/h2-7,15H,1H3,(H,11,12)/b6-5+. The second-order valence-corrected chi connectivity index (χ2v) is 3.83. The maximum absolute atomic E-state index is 10.9. The van der Waals surface area contributed by atoms with Crippen LogP contribution >= 0.6 is 0 Å². The van der Waals surface area contributed by atoms with E-state index < -0.39 is 10.7 Å². The van der Waals surface area contributed by atoms with Gasteiger partial charge in [-0.05, 0) is 23.8 Å². The normalized spacial score (nSPS) is 10.8. The Hall–Kier alpha value is -1.62. The summed E-state index contributed by atoms with van der Waals surface area (Å²) in [4.78, 5) is 11.1. The number of hydrogen-bond donors (Lipinski definition) is 2. The zero-order valence-corrected chi connectivity index (χ0v) is 9.03. The molecule has 0 bridgehead atoms. The largest absolute Gasteiger partial charge is 0.356 e. The van der Waals surface area contributed by atoms with Crippen LogP contribution < -0.4 is 5.32 Å². The van der Waals surface area contributed by atoms with Gasteiger partial charge in [0.25, 0.3) is 0 Å². The molecular weight excluding hydrogens is 214 g/mol. The van der Waals surface area contributed by atoms with Crippen LogP contribution in [0, 0.1) is 0 Å². The summed E-state index contributed by atoms with van der Waals surface area (Å²) in [5, 5.41) is 2.43. The van der Waals surface area contributed by atoms with E-state index in [9.17, 15) is 13.2 Å². The minimum absolute atomic E-state index is 0.230. The zero-order chi connectivity index (χ0) is 11.3. The first kappa shape index (κ1) is 11.5. The van der Waals surface area contributed by atoms with Crippen LogP contribution in [0.4, 0.5) is 0 Å². The molecule has 0 fully saturated rings. The van der Waals surface area contributed by atoms with Crippen LogP contribution in [0.25, 0.3) is 6.08 Å². The van der Waals surface area contributed by atoms with Crippen LogP contribution in [-0.2, 0) is 15.5 Å². The van der Waals surface area contributed by atoms with E-state index in [1.807, 2.05) is 0 Å². The van der Waals surface area contributed by atoms with Gasteiger partial charge in [0.05, 0.1) is 4.90 Å². The summed E-state index contributed by atoms with van der Waals surface area (Å²) in [7, 11) is -1.05. The molecule has 0 radical (unpaired) electrons. The topological polar surface area (TPSA) is 63.2 Å². The van der Waals surface area contributed by atoms with Crippen molar-refractivity contribution in [1.29, 1.82) is 0 Å². The lowest BCUT2D eigenvalue weighted by Gasteiger charge is -1.94. The molecule has 1 aromatic carbocycles. The minimum atomic E-state index is -2.58. The van der Waals surface area contributed by atoms with Crippen LogP contribution in [0.5, 0.6) is 0 Å². The van der Waals surface area contributed by atoms with E-state index in [-0.39, 0.29) is 10.8 Å². The summed E-state index contributed by atoms with van der Waals surface area (Å²) in [5.74, 6) is -0.230. The molecular formula is C10H11NO3S. The number of benzene rings is 1. The molecule has 0 heterocycles. The Bertz CT molecular complexity index is 455. The molecule has 1 aromatic rings. The van der Waals surface area contributed by atoms with Crippen molar-refractivity contribution < 1.29 is 13.2 Å². The number of likely N-dealkylation sites (N-methyl/N-ethyl adjacent to an activating group) is 1. The van der Waals surface area contributed by atoms with Gasteiger partial charge in [0.2, 0.25) is 5.91 Å². The first-order chi connectivity index (χ1) is 7.13. The fraction of sp³-hybridized carbons (Fsp3) is 0.100. The number of amides is 1. The van der Waals surface area contributed by atoms with Gasteiger partial charge in [-0.2, -0.15) is 0 Å². The predicted octanol–water partition coefficient (Wildman–Crippen LogP) is 0.416. The van der Waals surface area contributed by atoms with Crippen LogP contribution in [0.15, 0.2) is 35.2 Å². The van der Waals surface area contributed by atoms with Gasteiger partial charge in [0.15, 0.2) is 10.7 Å². The van der Waals surface area contributed by atoms with Crippen molar-refractivity contribution in [2.45, 2.75) is 4.90 Å². The molecule has 0 saturated carbocycles. The minimum Gasteiger partial charge on any atom is -0.356 e. The first-order valence-corrected chi connectivity index (χ1v) is 5.45. The predicted molar refractivity (Wildman–Crippen MR) is 58.1 cm³/mol. The Morgan fingerprint density at radius 2 is 2.13 bits per heavy atom. The highest BCUT2D eigenvalue weighted by molar-refractivity contribution is 7.72. The lowest BCUT2D eigenvalue weighted by Crippen LogP contribution is -2.13. The number of thiol groups is 1. The fourth-order valence-electron chi connectivity index (χ4n) is 0.997. The molecule has 0 atom stereocenters. The number of rotatable bonds is 3. The number of nitrogens with one attached hydrogen (secondary N) is 1. The Morgan fingerprint density at radius 3 is 2.73 bits per heavy atom. The number of carbonyl (C=O) groups excluding carboxylic acids is 1. The lowest BCUT2D eigenvalue weighted by atomic mass is 10.2. The molecule has 1 amide bonds. The molecule has 0 aliphatic rings. The average molecular weight is 225 g/mol. The quantitative estimate of drug-likeness (QED) is 0.578. The zero-order valence-electron chi connectivity index (χ0n) is 8.14. The van der Waals surface area contributed by atoms with Gasteiger partial charge in [-0.1, -0.05) is 12.1 Å². The molecule has 1 rings (SSSR count). The van der Waals surface area contributed by atoms with E-state index in [2.05, 4.69) is 5.32 Å². The van der Waals surface area contributed by atoms with Crippen LogP contribution in [-0.4, -0.2) is 21.4 Å². The second kappa shape index (κ2) is 5.31. The maximum Gasteiger partial charge on any atom is 0.243 e. The van der Waals surface area contributed by atoms with Crippen molar-refractivity contribution in [3.8, 4) is 0 Å². The highest BCUT2D eigenvalue weighted by Crippen LogP contribution is 2.07. The van der Waals surface area contributed by atoms with Crippen molar-refractivity contribution in [2.75, 3.05) is 7.05 Å². The molecule has 15 heavy (non-hydrogen) atoms. The molecule has 0 aromatic heterocycles. The molecule has 5 heteroatoms. The summed E-state index contributed by atoms with van der Waals surface area (Å²) in [6.45, 7) is 0. The summed E-state index contributed by atoms with van der Waals surface area (Å²) in [5.41, 5.74) is 0.676. The lowest BCUT2D eigenvalue weighted by molar-refractivity contribution is -0.115. The van der Waals surface area contributed by atoms with Crippen molar-refractivity contribution in [2.24, 2.45) is 0 Å². The third-order valence-corrected chi connectivity index (χ3v) is 2.45. The SMILES string of the molecule is CNC(=O)/C=C/c1cccc([SH](=O)=O)c1. The smallest absolute Gasteiger partial charge is 0.243 e.